The molecular formula is C45H84N12O5. The van der Waals surface area contributed by atoms with Gasteiger partial charge in [0.1, 0.15) is 28.9 Å². The highest BCUT2D eigenvalue weighted by Gasteiger charge is 2.14. The quantitative estimate of drug-likeness (QED) is 0.0291. The first-order valence-electron chi connectivity index (χ1n) is 21.3. The second-order valence-electron chi connectivity index (χ2n) is 14.8. The Kier molecular flexibility index (Phi) is 39.0. The summed E-state index contributed by atoms with van der Waals surface area (Å²) in [6, 6.07) is 14.9. The first-order valence-corrected chi connectivity index (χ1v) is 21.3. The predicted molar refractivity (Wildman–Crippen MR) is 258 cm³/mol. The molecule has 0 fully saturated rings. The molecule has 2 aromatic rings. The molecule has 0 aliphatic rings. The number of unbranched alkanes of at least 4 members (excludes halogenated alkanes) is 1. The molecule has 0 saturated carbocycles. The highest BCUT2D eigenvalue weighted by molar-refractivity contribution is 5.83. The third-order valence-corrected chi connectivity index (χ3v) is 9.60. The van der Waals surface area contributed by atoms with Crippen LogP contribution in [0, 0.1) is 0 Å². The summed E-state index contributed by atoms with van der Waals surface area (Å²) >= 11 is 0. The molecule has 0 radical (unpaired) electrons. The van der Waals surface area contributed by atoms with Crippen molar-refractivity contribution in [3.05, 3.63) is 59.7 Å². The maximum atomic E-state index is 11.2. The van der Waals surface area contributed by atoms with Crippen LogP contribution in [0.3, 0.4) is 0 Å². The van der Waals surface area contributed by atoms with Crippen LogP contribution in [0.4, 0.5) is 11.4 Å². The minimum Gasteiger partial charge on any atom is -0.399 e. The molecule has 5 atom stereocenters. The van der Waals surface area contributed by atoms with E-state index < -0.39 is 0 Å². The van der Waals surface area contributed by atoms with Gasteiger partial charge in [-0.15, -0.1) is 0 Å². The van der Waals surface area contributed by atoms with Crippen molar-refractivity contribution >= 4 is 46.3 Å². The number of ketones is 5. The number of carbonyl (C=O) groups is 5. The largest absolute Gasteiger partial charge is 0.399 e. The van der Waals surface area contributed by atoms with Crippen LogP contribution in [0.5, 0.6) is 0 Å². The van der Waals surface area contributed by atoms with Crippen LogP contribution in [-0.4, -0.2) is 120 Å². The summed E-state index contributed by atoms with van der Waals surface area (Å²) in [5, 5.41) is 14.8. The molecule has 0 aliphatic heterocycles. The third kappa shape index (κ3) is 34.0. The molecular weight excluding hydrogens is 789 g/mol. The number of nitrogens with zero attached hydrogens (tertiary/aromatic N) is 1. The lowest BCUT2D eigenvalue weighted by Gasteiger charge is -2.12. The minimum absolute atomic E-state index is 0.00329. The molecule has 0 amide bonds. The highest BCUT2D eigenvalue weighted by atomic mass is 16.1. The van der Waals surface area contributed by atoms with Crippen LogP contribution >= 0.6 is 0 Å². The number of Topliss-reactive ketones (excluding diaryl/α,β-unsaturated/α-hetero) is 5. The Hall–Kier alpha value is -4.62. The molecule has 17 N–H and O–H groups in total. The van der Waals surface area contributed by atoms with E-state index in [9.17, 15) is 24.0 Å². The zero-order chi connectivity index (χ0) is 48.0. The van der Waals surface area contributed by atoms with E-state index in [0.29, 0.717) is 32.5 Å². The standard InChI is InChI=1S/2C11H16N2O.C8H18N4O.C8H18N2O.C7H16N2O/c1-8(14)11(13-2)7-9-3-5-10(12)6-4-9;1-8(14)11(13-2)7-9-4-3-5-10(12)6-9;1-6(13)7(11-2)4-3-5-12-8(9)10;1-7(11)8(10-2)5-3-4-6-9;1-6(10)7(9-2)4-3-5-8/h2*3-6,11,13H,7,12H2,1-2H3;7,11H,3-5H2,1-2H3,(H4,9,10,12);8,10H,3-6,9H2,1-2H3;7,9H,3-5,8H2,1-2H3. The van der Waals surface area contributed by atoms with Crippen LogP contribution in [0.2, 0.25) is 0 Å². The molecule has 0 spiro atoms. The van der Waals surface area contributed by atoms with Crippen molar-refractivity contribution in [1.29, 1.82) is 0 Å². The van der Waals surface area contributed by atoms with E-state index in [4.69, 9.17) is 34.4 Å². The number of likely N-dealkylation sites (N-methyl/N-ethyl adjacent to an activating group) is 5. The normalized spacial score (nSPS) is 12.6. The fraction of sp³-hybridized carbons (Fsp3) is 0.600. The van der Waals surface area contributed by atoms with Crippen molar-refractivity contribution in [3.63, 3.8) is 0 Å². The SMILES string of the molecule is CNC(CCCCN)C(C)=O.CNC(CCCN)C(C)=O.CNC(CCCN=C(N)N)C(C)=O.CNC(Cc1ccc(N)cc1)C(C)=O.CNC(Cc1cccc(N)c1)C(C)=O. The lowest BCUT2D eigenvalue weighted by molar-refractivity contribution is -0.119. The Morgan fingerprint density at radius 2 is 0.887 bits per heavy atom. The van der Waals surface area contributed by atoms with Gasteiger partial charge in [-0.1, -0.05) is 30.7 Å². The minimum atomic E-state index is -0.114. The molecule has 0 aliphatic carbocycles. The molecule has 2 aromatic carbocycles. The molecule has 5 unspecified atom stereocenters. The van der Waals surface area contributed by atoms with Gasteiger partial charge in [0, 0.05) is 17.9 Å². The number of hydrogen-bond donors (Lipinski definition) is 11. The van der Waals surface area contributed by atoms with Gasteiger partial charge in [0.2, 0.25) is 0 Å². The average Bonchev–Trinajstić information content (AvgIpc) is 3.22. The molecule has 62 heavy (non-hydrogen) atoms. The Morgan fingerprint density at radius 3 is 1.24 bits per heavy atom. The Bertz CT molecular complexity index is 1540. The number of carbonyl (C=O) groups excluding carboxylic acids is 5. The number of hydrogen-bond acceptors (Lipinski definition) is 15. The van der Waals surface area contributed by atoms with E-state index >= 15 is 0 Å². The molecule has 0 bridgehead atoms. The van der Waals surface area contributed by atoms with Crippen molar-refractivity contribution in [2.45, 2.75) is 123 Å². The molecule has 0 saturated heterocycles. The second-order valence-corrected chi connectivity index (χ2v) is 14.8. The summed E-state index contributed by atoms with van der Waals surface area (Å²) in [5.74, 6) is 0.954. The summed E-state index contributed by atoms with van der Waals surface area (Å²) in [7, 11) is 8.96. The number of guanidine groups is 1. The molecule has 0 aromatic heterocycles. The summed E-state index contributed by atoms with van der Waals surface area (Å²) in [6.45, 7) is 9.92. The van der Waals surface area contributed by atoms with E-state index in [1.54, 1.807) is 62.8 Å². The smallest absolute Gasteiger partial charge is 0.185 e. The first kappa shape index (κ1) is 61.7. The Morgan fingerprint density at radius 1 is 0.500 bits per heavy atom. The number of benzene rings is 2. The topological polar surface area (TPSA) is 314 Å². The lowest BCUT2D eigenvalue weighted by Crippen LogP contribution is -2.34. The van der Waals surface area contributed by atoms with Crippen molar-refractivity contribution in [3.8, 4) is 0 Å². The maximum Gasteiger partial charge on any atom is 0.185 e. The van der Waals surface area contributed by atoms with Gasteiger partial charge in [-0.25, -0.2) is 0 Å². The van der Waals surface area contributed by atoms with Gasteiger partial charge >= 0.3 is 0 Å². The van der Waals surface area contributed by atoms with Crippen LogP contribution in [0.1, 0.15) is 90.7 Å². The zero-order valence-electron chi connectivity index (χ0n) is 39.4. The number of nitrogens with two attached hydrogens (primary N) is 6. The van der Waals surface area contributed by atoms with E-state index in [1.165, 1.54) is 0 Å². The molecule has 354 valence electrons. The molecule has 0 heterocycles. The van der Waals surface area contributed by atoms with Crippen LogP contribution in [0.25, 0.3) is 0 Å². The summed E-state index contributed by atoms with van der Waals surface area (Å²) < 4.78 is 0. The van der Waals surface area contributed by atoms with Crippen molar-refractivity contribution < 1.29 is 24.0 Å². The molecule has 17 heteroatoms. The van der Waals surface area contributed by atoms with E-state index in [0.717, 1.165) is 67.4 Å². The summed E-state index contributed by atoms with van der Waals surface area (Å²) in [5.41, 5.74) is 35.8. The number of nitrogen functional groups attached to an aromatic ring is 2. The monoisotopic (exact) mass is 873 g/mol. The van der Waals surface area contributed by atoms with Gasteiger partial charge in [-0.2, -0.15) is 0 Å². The number of anilines is 2. The predicted octanol–water partition coefficient (Wildman–Crippen LogP) is 1.39. The lowest BCUT2D eigenvalue weighted by atomic mass is 10.0. The fourth-order valence-electron chi connectivity index (χ4n) is 5.71. The fourth-order valence-corrected chi connectivity index (χ4v) is 5.71. The van der Waals surface area contributed by atoms with Gasteiger partial charge in [0.15, 0.2) is 5.96 Å². The number of rotatable bonds is 25. The van der Waals surface area contributed by atoms with Gasteiger partial charge in [-0.3, -0.25) is 29.0 Å². The van der Waals surface area contributed by atoms with Crippen molar-refractivity contribution in [2.75, 3.05) is 66.3 Å². The first-order chi connectivity index (χ1) is 29.3. The van der Waals surface area contributed by atoms with Gasteiger partial charge < -0.3 is 61.0 Å². The van der Waals surface area contributed by atoms with Gasteiger partial charge in [0.05, 0.1) is 30.2 Å². The van der Waals surface area contributed by atoms with Crippen LogP contribution in [0.15, 0.2) is 53.5 Å². The highest BCUT2D eigenvalue weighted by Crippen LogP contribution is 2.10. The summed E-state index contributed by atoms with van der Waals surface area (Å²) in [6.07, 6.45) is 7.68. The van der Waals surface area contributed by atoms with E-state index in [-0.39, 0.29) is 65.1 Å². The van der Waals surface area contributed by atoms with Crippen LogP contribution < -0.4 is 61.0 Å². The van der Waals surface area contributed by atoms with E-state index in [1.807, 2.05) is 55.6 Å². The Balaban J connectivity index is -0.000000706. The van der Waals surface area contributed by atoms with Crippen LogP contribution in [-0.2, 0) is 36.8 Å². The number of aliphatic imine (C=N–C) groups is 1. The van der Waals surface area contributed by atoms with Gasteiger partial charge in [-0.05, 0) is 170 Å². The zero-order valence-corrected chi connectivity index (χ0v) is 39.4. The average molecular weight is 873 g/mol. The third-order valence-electron chi connectivity index (χ3n) is 9.60. The van der Waals surface area contributed by atoms with Crippen molar-refractivity contribution in [2.24, 2.45) is 27.9 Å². The Labute approximate surface area is 372 Å². The second kappa shape index (κ2) is 39.2. The molecule has 17 nitrogen and oxygen atoms in total. The molecule has 2 rings (SSSR count). The number of nitrogens with one attached hydrogen (secondary N) is 5. The maximum absolute atomic E-state index is 11.2. The van der Waals surface area contributed by atoms with E-state index in [2.05, 4.69) is 31.6 Å². The van der Waals surface area contributed by atoms with Gasteiger partial charge in [0.25, 0.3) is 0 Å². The van der Waals surface area contributed by atoms with Crippen molar-refractivity contribution in [1.82, 2.24) is 26.6 Å². The summed E-state index contributed by atoms with van der Waals surface area (Å²) in [4.78, 5) is 58.8.